The van der Waals surface area contributed by atoms with E-state index >= 15 is 0 Å². The van der Waals surface area contributed by atoms with Gasteiger partial charge >= 0.3 is 12.0 Å². The van der Waals surface area contributed by atoms with E-state index in [1.54, 1.807) is 4.90 Å². The van der Waals surface area contributed by atoms with E-state index in [1.807, 2.05) is 31.2 Å². The van der Waals surface area contributed by atoms with Gasteiger partial charge in [-0.2, -0.15) is 0 Å². The van der Waals surface area contributed by atoms with Gasteiger partial charge in [0.25, 0.3) is 0 Å². The van der Waals surface area contributed by atoms with Crippen molar-refractivity contribution >= 4 is 12.0 Å². The number of carboxylic acid groups (broad SMARTS) is 1. The van der Waals surface area contributed by atoms with Crippen LogP contribution < -0.4 is 5.32 Å². The Morgan fingerprint density at radius 3 is 2.85 bits per heavy atom. The van der Waals surface area contributed by atoms with Crippen LogP contribution in [-0.2, 0) is 11.3 Å². The van der Waals surface area contributed by atoms with Crippen molar-refractivity contribution < 1.29 is 19.1 Å². The number of fused-ring (bicyclic) bond motifs is 1. The van der Waals surface area contributed by atoms with Crippen molar-refractivity contribution in [3.05, 3.63) is 41.8 Å². The highest BCUT2D eigenvalue weighted by Crippen LogP contribution is 2.48. The Balaban J connectivity index is 1.36. The minimum absolute atomic E-state index is 0.0564. The first kappa shape index (κ1) is 17.6. The molecule has 0 unspecified atom stereocenters. The lowest BCUT2D eigenvalue weighted by Crippen LogP contribution is -2.41. The largest absolute Gasteiger partial charge is 0.481 e. The van der Waals surface area contributed by atoms with Gasteiger partial charge in [0.15, 0.2) is 0 Å². The number of oxazole rings is 1. The quantitative estimate of drug-likeness (QED) is 0.864. The molecule has 2 aliphatic rings. The van der Waals surface area contributed by atoms with Crippen LogP contribution in [0.15, 0.2) is 34.9 Å². The molecule has 2 N–H and O–H groups in total. The standard InChI is InChI=1S/C20H23N3O4/c1-13-4-6-14(7-5-13)17-22-16(11-27-17)9-21-19(26)23-10-15-3-2-8-20(15,12-23)18(24)25/h4-7,11,15H,2-3,8-10,12H2,1H3,(H,21,26)(H,24,25)/t15-,20+/m0/s1. The number of nitrogens with one attached hydrogen (secondary N) is 1. The van der Waals surface area contributed by atoms with E-state index in [9.17, 15) is 14.7 Å². The molecule has 1 aliphatic heterocycles. The van der Waals surface area contributed by atoms with E-state index in [0.29, 0.717) is 24.6 Å². The predicted octanol–water partition coefficient (Wildman–Crippen LogP) is 3.05. The molecule has 7 heteroatoms. The number of aliphatic carboxylic acids is 1. The van der Waals surface area contributed by atoms with E-state index < -0.39 is 11.4 Å². The maximum Gasteiger partial charge on any atom is 0.317 e. The highest BCUT2D eigenvalue weighted by molar-refractivity contribution is 5.80. The molecule has 1 saturated carbocycles. The average Bonchev–Trinajstić information content (AvgIpc) is 3.34. The van der Waals surface area contributed by atoms with E-state index in [2.05, 4.69) is 10.3 Å². The van der Waals surface area contributed by atoms with Crippen LogP contribution in [0.2, 0.25) is 0 Å². The summed E-state index contributed by atoms with van der Waals surface area (Å²) in [6.07, 6.45) is 3.99. The molecule has 2 atom stereocenters. The van der Waals surface area contributed by atoms with Gasteiger partial charge in [0.1, 0.15) is 6.26 Å². The minimum Gasteiger partial charge on any atom is -0.481 e. The first-order valence-corrected chi connectivity index (χ1v) is 9.25. The lowest BCUT2D eigenvalue weighted by Gasteiger charge is -2.23. The zero-order chi connectivity index (χ0) is 19.0. The summed E-state index contributed by atoms with van der Waals surface area (Å²) in [5, 5.41) is 12.5. The average molecular weight is 369 g/mol. The zero-order valence-corrected chi connectivity index (χ0v) is 15.3. The smallest absolute Gasteiger partial charge is 0.317 e. The van der Waals surface area contributed by atoms with E-state index in [0.717, 1.165) is 24.0 Å². The van der Waals surface area contributed by atoms with Crippen LogP contribution in [-0.4, -0.2) is 40.1 Å². The van der Waals surface area contributed by atoms with E-state index in [4.69, 9.17) is 4.42 Å². The van der Waals surface area contributed by atoms with E-state index in [-0.39, 0.29) is 25.0 Å². The monoisotopic (exact) mass is 369 g/mol. The van der Waals surface area contributed by atoms with Crippen molar-refractivity contribution in [1.29, 1.82) is 0 Å². The molecule has 1 aliphatic carbocycles. The van der Waals surface area contributed by atoms with Gasteiger partial charge in [-0.05, 0) is 37.8 Å². The topological polar surface area (TPSA) is 95.7 Å². The normalized spacial score (nSPS) is 24.0. The predicted molar refractivity (Wildman–Crippen MR) is 97.9 cm³/mol. The SMILES string of the molecule is Cc1ccc(-c2nc(CNC(=O)N3C[C@@H]4CCC[C@@]4(C(=O)O)C3)co2)cc1. The Bertz CT molecular complexity index is 860. The number of carboxylic acids is 1. The number of benzene rings is 1. The van der Waals surface area contributed by atoms with Gasteiger partial charge in [0.2, 0.25) is 5.89 Å². The molecule has 27 heavy (non-hydrogen) atoms. The minimum atomic E-state index is -0.778. The van der Waals surface area contributed by atoms with Gasteiger partial charge in [-0.15, -0.1) is 0 Å². The summed E-state index contributed by atoms with van der Waals surface area (Å²) in [6.45, 7) is 3.05. The number of aromatic nitrogens is 1. The third-order valence-electron chi connectivity index (χ3n) is 5.85. The number of hydrogen-bond acceptors (Lipinski definition) is 4. The van der Waals surface area contributed by atoms with Crippen LogP contribution in [0.1, 0.15) is 30.5 Å². The molecule has 0 spiro atoms. The second-order valence-corrected chi connectivity index (χ2v) is 7.60. The summed E-state index contributed by atoms with van der Waals surface area (Å²) >= 11 is 0. The van der Waals surface area contributed by atoms with Gasteiger partial charge in [-0.3, -0.25) is 4.79 Å². The number of carbonyl (C=O) groups excluding carboxylic acids is 1. The van der Waals surface area contributed by atoms with Gasteiger partial charge in [0.05, 0.1) is 17.7 Å². The van der Waals surface area contributed by atoms with Crippen LogP contribution in [0.4, 0.5) is 4.79 Å². The summed E-state index contributed by atoms with van der Waals surface area (Å²) in [5.74, 6) is -0.208. The number of aryl methyl sites for hydroxylation is 1. The van der Waals surface area contributed by atoms with Crippen LogP contribution in [0.25, 0.3) is 11.5 Å². The van der Waals surface area contributed by atoms with Crippen LogP contribution in [0, 0.1) is 18.3 Å². The highest BCUT2D eigenvalue weighted by atomic mass is 16.4. The van der Waals surface area contributed by atoms with Crippen molar-refractivity contribution in [1.82, 2.24) is 15.2 Å². The Hall–Kier alpha value is -2.83. The van der Waals surface area contributed by atoms with Gasteiger partial charge in [-0.25, -0.2) is 9.78 Å². The van der Waals surface area contributed by atoms with Crippen molar-refractivity contribution in [3.8, 4) is 11.5 Å². The van der Waals surface area contributed by atoms with Crippen molar-refractivity contribution in [2.24, 2.45) is 11.3 Å². The number of likely N-dealkylation sites (tertiary alicyclic amines) is 1. The maximum absolute atomic E-state index is 12.5. The molecule has 2 amide bonds. The Morgan fingerprint density at radius 1 is 1.37 bits per heavy atom. The maximum atomic E-state index is 12.5. The molecular formula is C20H23N3O4. The fourth-order valence-corrected chi connectivity index (χ4v) is 4.29. The lowest BCUT2D eigenvalue weighted by atomic mass is 9.81. The summed E-state index contributed by atoms with van der Waals surface area (Å²) in [7, 11) is 0. The summed E-state index contributed by atoms with van der Waals surface area (Å²) < 4.78 is 5.50. The van der Waals surface area contributed by atoms with Crippen molar-refractivity contribution in [3.63, 3.8) is 0 Å². The zero-order valence-electron chi connectivity index (χ0n) is 15.3. The molecule has 1 saturated heterocycles. The first-order chi connectivity index (χ1) is 13.0. The van der Waals surface area contributed by atoms with Crippen LogP contribution in [0.5, 0.6) is 0 Å². The number of rotatable bonds is 4. The fourth-order valence-electron chi connectivity index (χ4n) is 4.29. The summed E-state index contributed by atoms with van der Waals surface area (Å²) in [4.78, 5) is 30.3. The number of nitrogens with zero attached hydrogens (tertiary/aromatic N) is 2. The fraction of sp³-hybridized carbons (Fsp3) is 0.450. The Morgan fingerprint density at radius 2 is 2.15 bits per heavy atom. The molecule has 142 valence electrons. The summed E-state index contributed by atoms with van der Waals surface area (Å²) in [5.41, 5.74) is 1.91. The molecule has 2 aromatic rings. The molecule has 0 bridgehead atoms. The third-order valence-corrected chi connectivity index (χ3v) is 5.85. The molecular weight excluding hydrogens is 346 g/mol. The molecule has 0 radical (unpaired) electrons. The Labute approximate surface area is 157 Å². The van der Waals surface area contributed by atoms with Crippen molar-refractivity contribution in [2.45, 2.75) is 32.7 Å². The highest BCUT2D eigenvalue weighted by Gasteiger charge is 2.55. The van der Waals surface area contributed by atoms with Crippen molar-refractivity contribution in [2.75, 3.05) is 13.1 Å². The lowest BCUT2D eigenvalue weighted by molar-refractivity contribution is -0.149. The number of hydrogen-bond donors (Lipinski definition) is 2. The number of urea groups is 1. The third kappa shape index (κ3) is 3.18. The number of carbonyl (C=O) groups is 2. The second-order valence-electron chi connectivity index (χ2n) is 7.60. The van der Waals surface area contributed by atoms with Gasteiger partial charge in [0, 0.05) is 18.7 Å². The second kappa shape index (κ2) is 6.72. The molecule has 4 rings (SSSR count). The van der Waals surface area contributed by atoms with Gasteiger partial charge < -0.3 is 19.7 Å². The van der Waals surface area contributed by atoms with Gasteiger partial charge in [-0.1, -0.05) is 24.1 Å². The molecule has 1 aromatic heterocycles. The molecule has 2 fully saturated rings. The molecule has 2 heterocycles. The first-order valence-electron chi connectivity index (χ1n) is 9.25. The molecule has 1 aromatic carbocycles. The molecule has 7 nitrogen and oxygen atoms in total. The number of amides is 2. The van der Waals surface area contributed by atoms with Crippen LogP contribution in [0.3, 0.4) is 0 Å². The van der Waals surface area contributed by atoms with Crippen LogP contribution >= 0.6 is 0 Å². The summed E-state index contributed by atoms with van der Waals surface area (Å²) in [6, 6.07) is 7.62. The Kier molecular flexibility index (Phi) is 4.37. The van der Waals surface area contributed by atoms with E-state index in [1.165, 1.54) is 6.26 Å².